The van der Waals surface area contributed by atoms with E-state index in [4.69, 9.17) is 5.73 Å². The summed E-state index contributed by atoms with van der Waals surface area (Å²) in [6, 6.07) is 8.09. The van der Waals surface area contributed by atoms with Crippen molar-refractivity contribution in [3.63, 3.8) is 0 Å². The molecule has 3 N–H and O–H groups in total. The number of likely N-dealkylation sites (tertiary alicyclic amines) is 1. The van der Waals surface area contributed by atoms with Crippen molar-refractivity contribution in [2.75, 3.05) is 37.6 Å². The van der Waals surface area contributed by atoms with Crippen molar-refractivity contribution in [3.8, 4) is 0 Å². The number of hydrogen-bond donors (Lipinski definition) is 2. The molecule has 2 heterocycles. The van der Waals surface area contributed by atoms with E-state index in [0.717, 1.165) is 45.4 Å². The average molecular weight is 445 g/mol. The highest BCUT2D eigenvalue weighted by molar-refractivity contribution is 5.87. The van der Waals surface area contributed by atoms with Crippen LogP contribution in [0.15, 0.2) is 24.3 Å². The number of fused-ring (bicyclic) bond motifs is 1. The van der Waals surface area contributed by atoms with Crippen molar-refractivity contribution in [2.45, 2.75) is 39.2 Å². The summed E-state index contributed by atoms with van der Waals surface area (Å²) in [6.07, 6.45) is 3.17. The van der Waals surface area contributed by atoms with Gasteiger partial charge in [-0.15, -0.1) is 24.8 Å². The summed E-state index contributed by atoms with van der Waals surface area (Å²) >= 11 is 0. The molecule has 1 aromatic rings. The normalized spacial score (nSPS) is 17.2. The summed E-state index contributed by atoms with van der Waals surface area (Å²) in [5.41, 5.74) is 8.63. The SMILES string of the molecule is CC(C)[C@H](N)C(=O)NCC(=O)N1CCC(CN2CCc3ccccc32)CC1.Cl.Cl. The Labute approximate surface area is 186 Å². The van der Waals surface area contributed by atoms with Crippen molar-refractivity contribution < 1.29 is 9.59 Å². The number of para-hydroxylation sites is 1. The number of carbonyl (C=O) groups excluding carboxylic acids is 2. The Bertz CT molecular complexity index is 678. The zero-order chi connectivity index (χ0) is 19.4. The summed E-state index contributed by atoms with van der Waals surface area (Å²) in [5.74, 6) is 0.418. The Morgan fingerprint density at radius 2 is 1.79 bits per heavy atom. The molecule has 1 aromatic carbocycles. The highest BCUT2D eigenvalue weighted by Gasteiger charge is 2.27. The number of halogens is 2. The van der Waals surface area contributed by atoms with Gasteiger partial charge in [-0.2, -0.15) is 0 Å². The molecule has 0 aliphatic carbocycles. The second-order valence-electron chi connectivity index (χ2n) is 8.14. The fourth-order valence-electron chi connectivity index (χ4n) is 3.97. The van der Waals surface area contributed by atoms with Gasteiger partial charge in [0.25, 0.3) is 0 Å². The highest BCUT2D eigenvalue weighted by Crippen LogP contribution is 2.30. The zero-order valence-electron chi connectivity index (χ0n) is 17.3. The van der Waals surface area contributed by atoms with Crippen molar-refractivity contribution in [1.29, 1.82) is 0 Å². The Kier molecular flexibility index (Phi) is 10.2. The van der Waals surface area contributed by atoms with Crippen molar-refractivity contribution in [2.24, 2.45) is 17.6 Å². The van der Waals surface area contributed by atoms with Gasteiger partial charge in [0.05, 0.1) is 12.6 Å². The summed E-state index contributed by atoms with van der Waals surface area (Å²) in [5, 5.41) is 2.68. The van der Waals surface area contributed by atoms with E-state index in [0.29, 0.717) is 5.92 Å². The van der Waals surface area contributed by atoms with Gasteiger partial charge in [0.15, 0.2) is 0 Å². The number of anilines is 1. The summed E-state index contributed by atoms with van der Waals surface area (Å²) < 4.78 is 0. The fourth-order valence-corrected chi connectivity index (χ4v) is 3.97. The molecule has 0 saturated carbocycles. The lowest BCUT2D eigenvalue weighted by Crippen LogP contribution is -2.49. The monoisotopic (exact) mass is 444 g/mol. The molecular formula is C21H34Cl2N4O2. The fraction of sp³-hybridized carbons (Fsp3) is 0.619. The van der Waals surface area contributed by atoms with E-state index in [1.165, 1.54) is 11.3 Å². The first-order valence-electron chi connectivity index (χ1n) is 10.1. The maximum atomic E-state index is 12.4. The number of amides is 2. The summed E-state index contributed by atoms with van der Waals surface area (Å²) in [6.45, 7) is 7.55. The smallest absolute Gasteiger partial charge is 0.241 e. The van der Waals surface area contributed by atoms with Crippen LogP contribution in [0.5, 0.6) is 0 Å². The number of piperidine rings is 1. The molecule has 0 aromatic heterocycles. The van der Waals surface area contributed by atoms with E-state index in [1.54, 1.807) is 0 Å². The molecule has 164 valence electrons. The minimum absolute atomic E-state index is 0. The quantitative estimate of drug-likeness (QED) is 0.704. The number of nitrogens with one attached hydrogen (secondary N) is 1. The Hall–Kier alpha value is -1.50. The van der Waals surface area contributed by atoms with Crippen LogP contribution in [0, 0.1) is 11.8 Å². The van der Waals surface area contributed by atoms with E-state index in [9.17, 15) is 9.59 Å². The van der Waals surface area contributed by atoms with Gasteiger partial charge in [-0.3, -0.25) is 9.59 Å². The molecule has 2 aliphatic rings. The summed E-state index contributed by atoms with van der Waals surface area (Å²) in [7, 11) is 0. The molecule has 0 radical (unpaired) electrons. The largest absolute Gasteiger partial charge is 0.371 e. The molecule has 0 spiro atoms. The maximum Gasteiger partial charge on any atom is 0.241 e. The molecule has 8 heteroatoms. The van der Waals surface area contributed by atoms with E-state index in [2.05, 4.69) is 34.5 Å². The van der Waals surface area contributed by atoms with E-state index in [-0.39, 0.29) is 49.1 Å². The van der Waals surface area contributed by atoms with Crippen molar-refractivity contribution in [1.82, 2.24) is 10.2 Å². The minimum Gasteiger partial charge on any atom is -0.371 e. The molecule has 0 bridgehead atoms. The topological polar surface area (TPSA) is 78.7 Å². The van der Waals surface area contributed by atoms with Crippen molar-refractivity contribution in [3.05, 3.63) is 29.8 Å². The van der Waals surface area contributed by atoms with Crippen LogP contribution in [-0.4, -0.2) is 55.5 Å². The molecule has 3 rings (SSSR count). The van der Waals surface area contributed by atoms with Gasteiger partial charge in [0, 0.05) is 31.9 Å². The van der Waals surface area contributed by atoms with Crippen LogP contribution in [0.2, 0.25) is 0 Å². The van der Waals surface area contributed by atoms with Gasteiger partial charge in [0.1, 0.15) is 0 Å². The van der Waals surface area contributed by atoms with Crippen LogP contribution in [0.25, 0.3) is 0 Å². The van der Waals surface area contributed by atoms with Gasteiger partial charge in [-0.05, 0) is 42.7 Å². The Morgan fingerprint density at radius 3 is 2.45 bits per heavy atom. The molecule has 1 saturated heterocycles. The second-order valence-corrected chi connectivity index (χ2v) is 8.14. The van der Waals surface area contributed by atoms with Crippen LogP contribution in [0.3, 0.4) is 0 Å². The molecule has 29 heavy (non-hydrogen) atoms. The van der Waals surface area contributed by atoms with Gasteiger partial charge in [0.2, 0.25) is 11.8 Å². The second kappa shape index (κ2) is 11.6. The van der Waals surface area contributed by atoms with Crippen molar-refractivity contribution >= 4 is 42.3 Å². The number of carbonyl (C=O) groups is 2. The number of hydrogen-bond acceptors (Lipinski definition) is 4. The van der Waals surface area contributed by atoms with Gasteiger partial charge in [-0.25, -0.2) is 0 Å². The summed E-state index contributed by atoms with van der Waals surface area (Å²) in [4.78, 5) is 28.6. The molecule has 6 nitrogen and oxygen atoms in total. The van der Waals surface area contributed by atoms with Gasteiger partial charge >= 0.3 is 0 Å². The molecule has 2 aliphatic heterocycles. The lowest BCUT2D eigenvalue weighted by molar-refractivity contribution is -0.134. The first-order valence-corrected chi connectivity index (χ1v) is 10.1. The first-order chi connectivity index (χ1) is 13.0. The van der Waals surface area contributed by atoms with Gasteiger partial charge in [-0.1, -0.05) is 32.0 Å². The molecule has 1 atom stereocenters. The third kappa shape index (κ3) is 6.49. The standard InChI is InChI=1S/C21H32N4O2.2ClH/c1-15(2)20(22)21(27)23-13-19(26)24-10-7-16(8-11-24)14-25-12-9-17-5-3-4-6-18(17)25;;/h3-6,15-16,20H,7-14,22H2,1-2H3,(H,23,27);2*1H/t20-;;/m0../s1. The van der Waals surface area contributed by atoms with Gasteiger partial charge < -0.3 is 20.9 Å². The minimum atomic E-state index is -0.563. The number of nitrogens with two attached hydrogens (primary N) is 1. The average Bonchev–Trinajstić information content (AvgIpc) is 3.08. The predicted molar refractivity (Wildman–Crippen MR) is 122 cm³/mol. The van der Waals surface area contributed by atoms with E-state index >= 15 is 0 Å². The molecular weight excluding hydrogens is 411 g/mol. The van der Waals surface area contributed by atoms with E-state index in [1.807, 2.05) is 18.7 Å². The maximum absolute atomic E-state index is 12.4. The van der Waals surface area contributed by atoms with E-state index < -0.39 is 6.04 Å². The molecule has 2 amide bonds. The number of nitrogens with zero attached hydrogens (tertiary/aromatic N) is 2. The third-order valence-electron chi connectivity index (χ3n) is 5.86. The molecule has 0 unspecified atom stereocenters. The highest BCUT2D eigenvalue weighted by atomic mass is 35.5. The Balaban J connectivity index is 0.00000210. The Morgan fingerprint density at radius 1 is 1.14 bits per heavy atom. The lowest BCUT2D eigenvalue weighted by atomic mass is 9.96. The lowest BCUT2D eigenvalue weighted by Gasteiger charge is -2.34. The third-order valence-corrected chi connectivity index (χ3v) is 5.86. The number of benzene rings is 1. The number of rotatable bonds is 6. The van der Waals surface area contributed by atoms with Crippen LogP contribution in [-0.2, 0) is 16.0 Å². The first kappa shape index (κ1) is 25.5. The molecule has 1 fully saturated rings. The van der Waals surface area contributed by atoms with Crippen LogP contribution >= 0.6 is 24.8 Å². The van der Waals surface area contributed by atoms with Crippen LogP contribution in [0.1, 0.15) is 32.3 Å². The predicted octanol–water partition coefficient (Wildman–Crippen LogP) is 2.23. The van der Waals surface area contributed by atoms with Crippen LogP contribution in [0.4, 0.5) is 5.69 Å². The van der Waals surface area contributed by atoms with Crippen LogP contribution < -0.4 is 16.0 Å². The zero-order valence-corrected chi connectivity index (χ0v) is 18.9.